The normalized spacial score (nSPS) is 10.8. The second-order valence-electron chi connectivity index (χ2n) is 8.26. The Bertz CT molecular complexity index is 923. The van der Waals surface area contributed by atoms with Crippen LogP contribution in [0.1, 0.15) is 58.8 Å². The molecule has 0 N–H and O–H groups in total. The zero-order valence-electron chi connectivity index (χ0n) is 19.9. The van der Waals surface area contributed by atoms with Crippen molar-refractivity contribution in [3.05, 3.63) is 76.4 Å². The summed E-state index contributed by atoms with van der Waals surface area (Å²) < 4.78 is 13.1. The van der Waals surface area contributed by atoms with Crippen molar-refractivity contribution in [2.45, 2.75) is 58.8 Å². The third-order valence-corrected chi connectivity index (χ3v) is 6.28. The Morgan fingerprint density at radius 1 is 0.545 bits per heavy atom. The number of halogens is 1. The number of unbranched alkanes of at least 4 members (excludes halogenated alkanes) is 5. The zero-order valence-corrected chi connectivity index (χ0v) is 22.1. The largest absolute Gasteiger partial charge is 0.494 e. The molecule has 0 aromatic heterocycles. The molecule has 0 aliphatic rings. The Kier molecular flexibility index (Phi) is 10.9. The maximum atomic E-state index is 5.95. The van der Waals surface area contributed by atoms with Crippen molar-refractivity contribution in [1.29, 1.82) is 0 Å². The van der Waals surface area contributed by atoms with Gasteiger partial charge in [-0.25, -0.2) is 0 Å². The third-order valence-electron chi connectivity index (χ3n) is 5.56. The van der Waals surface area contributed by atoms with Gasteiger partial charge >= 0.3 is 0 Å². The minimum absolute atomic E-state index is 0.772. The fourth-order valence-corrected chi connectivity index (χ4v) is 4.04. The van der Waals surface area contributed by atoms with Crippen LogP contribution in [0.2, 0.25) is 0 Å². The molecule has 3 nitrogen and oxygen atoms in total. The molecule has 4 heteroatoms. The molecule has 0 aliphatic heterocycles. The van der Waals surface area contributed by atoms with Crippen molar-refractivity contribution in [1.82, 2.24) is 0 Å². The zero-order chi connectivity index (χ0) is 23.3. The third kappa shape index (κ3) is 8.26. The molecule has 0 unspecified atom stereocenters. The van der Waals surface area contributed by atoms with E-state index in [1.165, 1.54) is 35.7 Å². The van der Waals surface area contributed by atoms with Crippen LogP contribution in [0, 0.1) is 3.57 Å². The maximum absolute atomic E-state index is 5.95. The second kappa shape index (κ2) is 14.1. The minimum atomic E-state index is 0.772. The lowest BCUT2D eigenvalue weighted by Gasteiger charge is -2.26. The number of hydrogen-bond acceptors (Lipinski definition) is 3. The molecule has 0 atom stereocenters. The summed E-state index contributed by atoms with van der Waals surface area (Å²) in [6.45, 7) is 5.99. The first-order chi connectivity index (χ1) is 16.2. The molecular weight excluding hydrogens is 521 g/mol. The van der Waals surface area contributed by atoms with Gasteiger partial charge in [-0.2, -0.15) is 0 Å². The van der Waals surface area contributed by atoms with Crippen molar-refractivity contribution >= 4 is 39.7 Å². The van der Waals surface area contributed by atoms with E-state index in [2.05, 4.69) is 114 Å². The van der Waals surface area contributed by atoms with Gasteiger partial charge in [-0.15, -0.1) is 0 Å². The lowest BCUT2D eigenvalue weighted by molar-refractivity contribution is 0.305. The minimum Gasteiger partial charge on any atom is -0.494 e. The highest BCUT2D eigenvalue weighted by Crippen LogP contribution is 2.36. The van der Waals surface area contributed by atoms with Gasteiger partial charge in [0, 0.05) is 20.6 Å². The van der Waals surface area contributed by atoms with Crippen LogP contribution in [0.4, 0.5) is 17.1 Å². The molecule has 3 aromatic carbocycles. The molecule has 0 bridgehead atoms. The molecule has 0 amide bonds. The summed E-state index contributed by atoms with van der Waals surface area (Å²) in [5, 5.41) is 0. The lowest BCUT2D eigenvalue weighted by Crippen LogP contribution is -2.10. The van der Waals surface area contributed by atoms with Crippen LogP contribution in [0.3, 0.4) is 0 Å². The van der Waals surface area contributed by atoms with Gasteiger partial charge in [-0.05, 0) is 108 Å². The van der Waals surface area contributed by atoms with E-state index in [9.17, 15) is 0 Å². The van der Waals surface area contributed by atoms with E-state index in [4.69, 9.17) is 9.47 Å². The molecular formula is C29H36INO2. The molecule has 0 radical (unpaired) electrons. The Morgan fingerprint density at radius 3 is 1.39 bits per heavy atom. The molecule has 0 saturated heterocycles. The average Bonchev–Trinajstić information content (AvgIpc) is 2.85. The van der Waals surface area contributed by atoms with Gasteiger partial charge < -0.3 is 14.4 Å². The van der Waals surface area contributed by atoms with E-state index in [-0.39, 0.29) is 0 Å². The van der Waals surface area contributed by atoms with E-state index in [0.717, 1.165) is 54.6 Å². The van der Waals surface area contributed by atoms with Gasteiger partial charge in [0.05, 0.1) is 13.2 Å². The van der Waals surface area contributed by atoms with Gasteiger partial charge in [0.25, 0.3) is 0 Å². The first-order valence-electron chi connectivity index (χ1n) is 12.2. The lowest BCUT2D eigenvalue weighted by atomic mass is 10.2. The Hall–Kier alpha value is -2.21. The summed E-state index contributed by atoms with van der Waals surface area (Å²) in [4.78, 5) is 2.27. The van der Waals surface area contributed by atoms with Crippen LogP contribution in [-0.4, -0.2) is 13.2 Å². The SMILES string of the molecule is CCCCCCOc1ccc(N(c2ccc(I)cc2)c2ccc(OCCCCC)cc2)cc1. The fraction of sp³-hybridized carbons (Fsp3) is 0.379. The van der Waals surface area contributed by atoms with Crippen molar-refractivity contribution in [2.24, 2.45) is 0 Å². The summed E-state index contributed by atoms with van der Waals surface area (Å²) in [6, 6.07) is 25.4. The van der Waals surface area contributed by atoms with E-state index in [0.29, 0.717) is 0 Å². The molecule has 0 fully saturated rings. The summed E-state index contributed by atoms with van der Waals surface area (Å²) in [7, 11) is 0. The Morgan fingerprint density at radius 2 is 0.939 bits per heavy atom. The van der Waals surface area contributed by atoms with Crippen molar-refractivity contribution in [3.8, 4) is 11.5 Å². The number of ether oxygens (including phenoxy) is 2. The van der Waals surface area contributed by atoms with Crippen LogP contribution in [0.15, 0.2) is 72.8 Å². The highest BCUT2D eigenvalue weighted by molar-refractivity contribution is 14.1. The summed E-state index contributed by atoms with van der Waals surface area (Å²) >= 11 is 2.35. The van der Waals surface area contributed by atoms with Crippen molar-refractivity contribution in [2.75, 3.05) is 18.1 Å². The van der Waals surface area contributed by atoms with Gasteiger partial charge in [-0.3, -0.25) is 0 Å². The molecule has 0 aliphatic carbocycles. The highest BCUT2D eigenvalue weighted by Gasteiger charge is 2.13. The van der Waals surface area contributed by atoms with Crippen LogP contribution in [0.25, 0.3) is 0 Å². The summed E-state index contributed by atoms with van der Waals surface area (Å²) in [6.07, 6.45) is 8.36. The smallest absolute Gasteiger partial charge is 0.119 e. The monoisotopic (exact) mass is 557 g/mol. The fourth-order valence-electron chi connectivity index (χ4n) is 3.68. The number of nitrogens with zero attached hydrogens (tertiary/aromatic N) is 1. The number of benzene rings is 3. The van der Waals surface area contributed by atoms with Crippen LogP contribution >= 0.6 is 22.6 Å². The topological polar surface area (TPSA) is 21.7 Å². The standard InChI is InChI=1S/C29H36INO2/c1-3-5-7-9-23-33-29-20-16-27(17-21-29)31(25-12-10-24(30)11-13-25)26-14-18-28(19-15-26)32-22-8-6-4-2/h10-21H,3-9,22-23H2,1-2H3. The van der Waals surface area contributed by atoms with E-state index in [1.807, 2.05) is 0 Å². The maximum Gasteiger partial charge on any atom is 0.119 e. The van der Waals surface area contributed by atoms with E-state index in [1.54, 1.807) is 0 Å². The van der Waals surface area contributed by atoms with Crippen LogP contribution < -0.4 is 14.4 Å². The van der Waals surface area contributed by atoms with Crippen LogP contribution in [0.5, 0.6) is 11.5 Å². The van der Waals surface area contributed by atoms with E-state index >= 15 is 0 Å². The predicted octanol–water partition coefficient (Wildman–Crippen LogP) is 9.29. The van der Waals surface area contributed by atoms with Gasteiger partial charge in [0.2, 0.25) is 0 Å². The van der Waals surface area contributed by atoms with Gasteiger partial charge in [-0.1, -0.05) is 46.0 Å². The van der Waals surface area contributed by atoms with Gasteiger partial charge in [0.1, 0.15) is 11.5 Å². The van der Waals surface area contributed by atoms with E-state index < -0.39 is 0 Å². The number of rotatable bonds is 14. The quantitative estimate of drug-likeness (QED) is 0.146. The number of hydrogen-bond donors (Lipinski definition) is 0. The Balaban J connectivity index is 1.74. The first-order valence-corrected chi connectivity index (χ1v) is 13.3. The first kappa shape index (κ1) is 25.4. The summed E-state index contributed by atoms with van der Waals surface area (Å²) in [5.41, 5.74) is 3.33. The molecule has 3 aromatic rings. The average molecular weight is 558 g/mol. The molecule has 33 heavy (non-hydrogen) atoms. The molecule has 3 rings (SSSR count). The highest BCUT2D eigenvalue weighted by atomic mass is 127. The van der Waals surface area contributed by atoms with Crippen molar-refractivity contribution < 1.29 is 9.47 Å². The van der Waals surface area contributed by atoms with Gasteiger partial charge in [0.15, 0.2) is 0 Å². The molecule has 0 saturated carbocycles. The molecule has 0 heterocycles. The second-order valence-corrected chi connectivity index (χ2v) is 9.51. The number of anilines is 3. The van der Waals surface area contributed by atoms with Crippen molar-refractivity contribution in [3.63, 3.8) is 0 Å². The van der Waals surface area contributed by atoms with Crippen LogP contribution in [-0.2, 0) is 0 Å². The summed E-state index contributed by atoms with van der Waals surface area (Å²) in [5.74, 6) is 1.85. The Labute approximate surface area is 213 Å². The molecule has 0 spiro atoms. The predicted molar refractivity (Wildman–Crippen MR) is 148 cm³/mol. The molecule has 176 valence electrons.